The molecule has 6 nitrogen and oxygen atoms in total. The number of nitrogens with zero attached hydrogens (tertiary/aromatic N) is 1. The van der Waals surface area contributed by atoms with Gasteiger partial charge in [0.15, 0.2) is 0 Å². The summed E-state index contributed by atoms with van der Waals surface area (Å²) in [5, 5.41) is 6.73. The summed E-state index contributed by atoms with van der Waals surface area (Å²) in [6.07, 6.45) is 3.74. The van der Waals surface area contributed by atoms with Gasteiger partial charge in [0.2, 0.25) is 5.91 Å². The lowest BCUT2D eigenvalue weighted by atomic mass is 10.1. The molecule has 2 heterocycles. The molecule has 0 spiro atoms. The van der Waals surface area contributed by atoms with E-state index in [-0.39, 0.29) is 18.4 Å². The number of carbonyl (C=O) groups excluding carboxylic acids is 2. The minimum absolute atomic E-state index is 0.0372. The van der Waals surface area contributed by atoms with E-state index in [4.69, 9.17) is 11.6 Å². The molecule has 2 amide bonds. The van der Waals surface area contributed by atoms with E-state index in [1.54, 1.807) is 30.6 Å². The normalized spacial score (nSPS) is 10.9. The van der Waals surface area contributed by atoms with Crippen LogP contribution in [0, 0.1) is 5.82 Å². The summed E-state index contributed by atoms with van der Waals surface area (Å²) in [6.45, 7) is 2.00. The van der Waals surface area contributed by atoms with Crippen molar-refractivity contribution in [3.05, 3.63) is 99.7 Å². The second kappa shape index (κ2) is 9.83. The Labute approximate surface area is 195 Å². The second-order valence-electron chi connectivity index (χ2n) is 7.75. The Morgan fingerprint density at radius 3 is 2.55 bits per heavy atom. The molecule has 168 valence electrons. The Hall–Kier alpha value is -3.71. The SMILES string of the molecule is CC(=O)NCc1ccc(Cc2cc(C(=O)NCc3cc4c(Cl)c[nH]c4cc3F)ccn2)cc1. The van der Waals surface area contributed by atoms with E-state index in [9.17, 15) is 14.0 Å². The molecule has 0 aliphatic rings. The van der Waals surface area contributed by atoms with E-state index in [1.165, 1.54) is 13.0 Å². The highest BCUT2D eigenvalue weighted by Crippen LogP contribution is 2.25. The predicted octanol–water partition coefficient (Wildman–Crippen LogP) is 4.51. The molecular weight excluding hydrogens is 443 g/mol. The highest BCUT2D eigenvalue weighted by Gasteiger charge is 2.12. The molecule has 0 unspecified atom stereocenters. The van der Waals surface area contributed by atoms with Crippen LogP contribution in [0.3, 0.4) is 0 Å². The van der Waals surface area contributed by atoms with Crippen LogP contribution in [0.25, 0.3) is 10.9 Å². The van der Waals surface area contributed by atoms with Gasteiger partial charge in [0.1, 0.15) is 5.82 Å². The number of fused-ring (bicyclic) bond motifs is 1. The van der Waals surface area contributed by atoms with Crippen molar-refractivity contribution in [3.63, 3.8) is 0 Å². The summed E-state index contributed by atoms with van der Waals surface area (Å²) >= 11 is 6.11. The molecule has 0 fully saturated rings. The first-order valence-corrected chi connectivity index (χ1v) is 10.8. The van der Waals surface area contributed by atoms with E-state index in [1.807, 2.05) is 24.3 Å². The van der Waals surface area contributed by atoms with E-state index >= 15 is 0 Å². The first-order valence-electron chi connectivity index (χ1n) is 10.4. The summed E-state index contributed by atoms with van der Waals surface area (Å²) in [6, 6.07) is 14.2. The third kappa shape index (κ3) is 5.56. The summed E-state index contributed by atoms with van der Waals surface area (Å²) in [5.74, 6) is -0.808. The number of halogens is 2. The Morgan fingerprint density at radius 1 is 1.03 bits per heavy atom. The molecule has 0 aliphatic carbocycles. The third-order valence-corrected chi connectivity index (χ3v) is 5.58. The highest BCUT2D eigenvalue weighted by atomic mass is 35.5. The highest BCUT2D eigenvalue weighted by molar-refractivity contribution is 6.35. The number of hydrogen-bond donors (Lipinski definition) is 3. The molecule has 0 saturated heterocycles. The van der Waals surface area contributed by atoms with Crippen LogP contribution < -0.4 is 10.6 Å². The van der Waals surface area contributed by atoms with Gasteiger partial charge in [0.05, 0.1) is 5.02 Å². The molecule has 0 radical (unpaired) electrons. The zero-order chi connectivity index (χ0) is 23.4. The zero-order valence-corrected chi connectivity index (χ0v) is 18.7. The number of nitrogens with one attached hydrogen (secondary N) is 3. The quantitative estimate of drug-likeness (QED) is 0.376. The number of aromatic nitrogens is 2. The Bertz CT molecular complexity index is 1320. The first-order chi connectivity index (χ1) is 15.9. The number of hydrogen-bond acceptors (Lipinski definition) is 3. The fourth-order valence-electron chi connectivity index (χ4n) is 3.49. The average Bonchev–Trinajstić information content (AvgIpc) is 3.16. The molecule has 0 bridgehead atoms. The Morgan fingerprint density at radius 2 is 1.79 bits per heavy atom. The van der Waals surface area contributed by atoms with Crippen molar-refractivity contribution in [1.29, 1.82) is 0 Å². The number of rotatable bonds is 7. The van der Waals surface area contributed by atoms with Crippen LogP contribution in [0.1, 0.15) is 39.7 Å². The van der Waals surface area contributed by atoms with Crippen LogP contribution in [0.5, 0.6) is 0 Å². The van der Waals surface area contributed by atoms with Gasteiger partial charge in [-0.25, -0.2) is 4.39 Å². The van der Waals surface area contributed by atoms with E-state index in [2.05, 4.69) is 20.6 Å². The molecule has 3 N–H and O–H groups in total. The molecule has 0 saturated carbocycles. The zero-order valence-electron chi connectivity index (χ0n) is 17.9. The summed E-state index contributed by atoms with van der Waals surface area (Å²) < 4.78 is 14.4. The van der Waals surface area contributed by atoms with Crippen LogP contribution in [0.4, 0.5) is 4.39 Å². The lowest BCUT2D eigenvalue weighted by molar-refractivity contribution is -0.119. The van der Waals surface area contributed by atoms with Crippen LogP contribution in [-0.4, -0.2) is 21.8 Å². The smallest absolute Gasteiger partial charge is 0.251 e. The van der Waals surface area contributed by atoms with Gasteiger partial charge in [-0.15, -0.1) is 0 Å². The Balaban J connectivity index is 1.40. The van der Waals surface area contributed by atoms with Gasteiger partial charge in [-0.05, 0) is 35.4 Å². The molecular formula is C25H22ClFN4O2. The van der Waals surface area contributed by atoms with Crippen LogP contribution in [0.2, 0.25) is 5.02 Å². The van der Waals surface area contributed by atoms with Crippen molar-refractivity contribution in [2.75, 3.05) is 0 Å². The number of benzene rings is 2. The van der Waals surface area contributed by atoms with Gasteiger partial charge in [-0.1, -0.05) is 35.9 Å². The van der Waals surface area contributed by atoms with Gasteiger partial charge >= 0.3 is 0 Å². The van der Waals surface area contributed by atoms with Crippen molar-refractivity contribution in [2.24, 2.45) is 0 Å². The minimum atomic E-state index is -0.418. The number of pyridine rings is 1. The minimum Gasteiger partial charge on any atom is -0.360 e. The van der Waals surface area contributed by atoms with Gasteiger partial charge in [-0.3, -0.25) is 14.6 Å². The largest absolute Gasteiger partial charge is 0.360 e. The number of H-pyrrole nitrogens is 1. The maximum atomic E-state index is 14.4. The van der Waals surface area contributed by atoms with Crippen molar-refractivity contribution in [1.82, 2.24) is 20.6 Å². The molecule has 4 aromatic rings. The summed E-state index contributed by atoms with van der Waals surface area (Å²) in [5.41, 5.74) is 4.18. The lowest BCUT2D eigenvalue weighted by Crippen LogP contribution is -2.23. The number of carbonyl (C=O) groups is 2. The number of aromatic amines is 1. The maximum Gasteiger partial charge on any atom is 0.251 e. The van der Waals surface area contributed by atoms with Gasteiger partial charge in [0.25, 0.3) is 5.91 Å². The maximum absolute atomic E-state index is 14.4. The molecule has 33 heavy (non-hydrogen) atoms. The monoisotopic (exact) mass is 464 g/mol. The lowest BCUT2D eigenvalue weighted by Gasteiger charge is -2.09. The average molecular weight is 465 g/mol. The van der Waals surface area contributed by atoms with E-state index in [0.717, 1.165) is 16.8 Å². The third-order valence-electron chi connectivity index (χ3n) is 5.27. The first kappa shape index (κ1) is 22.5. The van der Waals surface area contributed by atoms with Gasteiger partial charge in [0, 0.05) is 66.6 Å². The predicted molar refractivity (Wildman–Crippen MR) is 125 cm³/mol. The summed E-state index contributed by atoms with van der Waals surface area (Å²) in [7, 11) is 0. The molecule has 2 aromatic heterocycles. The molecule has 4 rings (SSSR count). The molecule has 0 atom stereocenters. The van der Waals surface area contributed by atoms with Crippen LogP contribution in [-0.2, 0) is 24.3 Å². The van der Waals surface area contributed by atoms with Crippen molar-refractivity contribution in [2.45, 2.75) is 26.4 Å². The summed E-state index contributed by atoms with van der Waals surface area (Å²) in [4.78, 5) is 30.9. The van der Waals surface area contributed by atoms with Gasteiger partial charge < -0.3 is 15.6 Å². The Kier molecular flexibility index (Phi) is 6.70. The van der Waals surface area contributed by atoms with Gasteiger partial charge in [-0.2, -0.15) is 0 Å². The van der Waals surface area contributed by atoms with Crippen molar-refractivity contribution >= 4 is 34.3 Å². The number of amides is 2. The molecule has 2 aromatic carbocycles. The van der Waals surface area contributed by atoms with Crippen molar-refractivity contribution in [3.8, 4) is 0 Å². The van der Waals surface area contributed by atoms with Crippen LogP contribution >= 0.6 is 11.6 Å². The molecule has 8 heteroatoms. The topological polar surface area (TPSA) is 86.9 Å². The van der Waals surface area contributed by atoms with Crippen LogP contribution in [0.15, 0.2) is 60.9 Å². The second-order valence-corrected chi connectivity index (χ2v) is 8.15. The fraction of sp³-hybridized carbons (Fsp3) is 0.160. The van der Waals surface area contributed by atoms with Crippen molar-refractivity contribution < 1.29 is 14.0 Å². The molecule has 0 aliphatic heterocycles. The fourth-order valence-corrected chi connectivity index (χ4v) is 3.70. The van der Waals surface area contributed by atoms with E-state index < -0.39 is 5.82 Å². The standard InChI is InChI=1S/C25H22ClFN4O2/c1-15(32)29-12-17-4-2-16(3-5-17)8-20-9-18(6-7-28-20)25(33)31-13-19-10-21-22(26)14-30-24(21)11-23(19)27/h2-7,9-11,14,30H,8,12-13H2,1H3,(H,29,32)(H,31,33). The van der Waals surface area contributed by atoms with E-state index in [0.29, 0.717) is 40.0 Å².